The second-order valence-electron chi connectivity index (χ2n) is 5.91. The van der Waals surface area contributed by atoms with Gasteiger partial charge in [0.15, 0.2) is 14.6 Å². The van der Waals surface area contributed by atoms with Gasteiger partial charge in [0.1, 0.15) is 11.6 Å². The molecule has 1 aromatic carbocycles. The summed E-state index contributed by atoms with van der Waals surface area (Å²) < 4.78 is 49.6. The quantitative estimate of drug-likeness (QED) is 0.886. The lowest BCUT2D eigenvalue weighted by Crippen LogP contribution is -2.57. The molecule has 23 heavy (non-hydrogen) atoms. The predicted octanol–water partition coefficient (Wildman–Crippen LogP) is 1.09. The molecule has 1 N–H and O–H groups in total. The number of carbonyl (C=O) groups excluding carboxylic acids is 1. The molecule has 1 aromatic rings. The van der Waals surface area contributed by atoms with Crippen molar-refractivity contribution in [2.75, 3.05) is 26.4 Å². The number of hydrogen-bond acceptors (Lipinski definition) is 4. The van der Waals surface area contributed by atoms with Crippen LogP contribution >= 0.6 is 0 Å². The van der Waals surface area contributed by atoms with E-state index in [0.29, 0.717) is 13.1 Å². The zero-order valence-corrected chi connectivity index (χ0v) is 13.9. The van der Waals surface area contributed by atoms with Crippen LogP contribution < -0.4 is 5.32 Å². The monoisotopic (exact) mass is 346 g/mol. The summed E-state index contributed by atoms with van der Waals surface area (Å²) in [6, 6.07) is 3.10. The van der Waals surface area contributed by atoms with E-state index in [2.05, 4.69) is 5.32 Å². The minimum atomic E-state index is -3.63. The van der Waals surface area contributed by atoms with Gasteiger partial charge in [0.2, 0.25) is 5.91 Å². The Labute approximate surface area is 134 Å². The molecule has 1 aliphatic rings. The van der Waals surface area contributed by atoms with Gasteiger partial charge in [-0.05, 0) is 32.0 Å². The van der Waals surface area contributed by atoms with Crippen molar-refractivity contribution in [3.63, 3.8) is 0 Å². The van der Waals surface area contributed by atoms with Crippen molar-refractivity contribution in [2.45, 2.75) is 24.1 Å². The highest BCUT2D eigenvalue weighted by Crippen LogP contribution is 2.30. The molecule has 8 heteroatoms. The molecule has 0 spiro atoms. The van der Waals surface area contributed by atoms with E-state index in [-0.39, 0.29) is 24.9 Å². The van der Waals surface area contributed by atoms with Crippen LogP contribution in [0.15, 0.2) is 18.2 Å². The highest BCUT2D eigenvalue weighted by atomic mass is 32.2. The van der Waals surface area contributed by atoms with Crippen LogP contribution in [0.25, 0.3) is 0 Å². The van der Waals surface area contributed by atoms with Gasteiger partial charge in [0.25, 0.3) is 0 Å². The number of sulfone groups is 1. The summed E-state index contributed by atoms with van der Waals surface area (Å²) >= 11 is 0. The fourth-order valence-electron chi connectivity index (χ4n) is 2.90. The highest BCUT2D eigenvalue weighted by molar-refractivity contribution is 7.92. The van der Waals surface area contributed by atoms with Crippen LogP contribution in [0.5, 0.6) is 0 Å². The van der Waals surface area contributed by atoms with Crippen molar-refractivity contribution < 1.29 is 22.0 Å². The van der Waals surface area contributed by atoms with E-state index < -0.39 is 32.1 Å². The van der Waals surface area contributed by atoms with Gasteiger partial charge < -0.3 is 10.2 Å². The number of carbonyl (C=O) groups is 1. The predicted molar refractivity (Wildman–Crippen MR) is 82.5 cm³/mol. The maximum atomic E-state index is 13.7. The van der Waals surface area contributed by atoms with Gasteiger partial charge >= 0.3 is 0 Å². The third-order valence-electron chi connectivity index (χ3n) is 4.28. The van der Waals surface area contributed by atoms with Crippen LogP contribution in [-0.2, 0) is 21.2 Å². The molecule has 1 amide bonds. The number of nitrogens with one attached hydrogen (secondary N) is 1. The van der Waals surface area contributed by atoms with Crippen LogP contribution in [-0.4, -0.2) is 50.4 Å². The van der Waals surface area contributed by atoms with Gasteiger partial charge in [-0.2, -0.15) is 0 Å². The molecule has 1 heterocycles. The van der Waals surface area contributed by atoms with Gasteiger partial charge in [-0.25, -0.2) is 17.2 Å². The van der Waals surface area contributed by atoms with Crippen LogP contribution in [0.2, 0.25) is 0 Å². The molecule has 5 nitrogen and oxygen atoms in total. The average Bonchev–Trinajstić information content (AvgIpc) is 2.49. The normalized spacial score (nSPS) is 17.7. The minimum Gasteiger partial charge on any atom is -0.340 e. The maximum Gasteiger partial charge on any atom is 0.244 e. The zero-order valence-electron chi connectivity index (χ0n) is 13.1. The van der Waals surface area contributed by atoms with Gasteiger partial charge in [0, 0.05) is 31.5 Å². The zero-order chi connectivity index (χ0) is 17.3. The molecule has 2 rings (SSSR count). The van der Waals surface area contributed by atoms with Crippen LogP contribution in [0, 0.1) is 11.6 Å². The highest BCUT2D eigenvalue weighted by Gasteiger charge is 2.49. The summed E-state index contributed by atoms with van der Waals surface area (Å²) in [6.45, 7) is 0.741. The van der Waals surface area contributed by atoms with E-state index in [1.54, 1.807) is 0 Å². The van der Waals surface area contributed by atoms with Crippen molar-refractivity contribution in [3.8, 4) is 0 Å². The SMILES string of the molecule is CN(Cc1ccc(F)cc1F)C(=O)C1(S(C)(=O)=O)CCNCC1. The van der Waals surface area contributed by atoms with E-state index >= 15 is 0 Å². The Bertz CT molecular complexity index is 701. The number of benzene rings is 1. The number of hydrogen-bond donors (Lipinski definition) is 1. The van der Waals surface area contributed by atoms with Gasteiger partial charge in [0.05, 0.1) is 0 Å². The number of rotatable bonds is 4. The fraction of sp³-hybridized carbons (Fsp3) is 0.533. The van der Waals surface area contributed by atoms with E-state index in [0.717, 1.165) is 18.4 Å². The van der Waals surface area contributed by atoms with Crippen LogP contribution in [0.3, 0.4) is 0 Å². The molecule has 0 radical (unpaired) electrons. The van der Waals surface area contributed by atoms with E-state index in [1.165, 1.54) is 18.0 Å². The number of halogens is 2. The molecular weight excluding hydrogens is 326 g/mol. The Morgan fingerprint density at radius 1 is 1.30 bits per heavy atom. The molecule has 0 unspecified atom stereocenters. The van der Waals surface area contributed by atoms with E-state index in [4.69, 9.17) is 0 Å². The standard InChI is InChI=1S/C15H20F2N2O3S/c1-19(10-11-3-4-12(16)9-13(11)17)14(20)15(23(2,21)22)5-7-18-8-6-15/h3-4,9,18H,5-8,10H2,1-2H3. The average molecular weight is 346 g/mol. The first kappa shape index (κ1) is 17.8. The summed E-state index contributed by atoms with van der Waals surface area (Å²) in [5.74, 6) is -2.01. The van der Waals surface area contributed by atoms with Gasteiger partial charge in [-0.1, -0.05) is 6.07 Å². The maximum absolute atomic E-state index is 13.7. The second-order valence-corrected chi connectivity index (χ2v) is 8.24. The number of nitrogens with zero attached hydrogens (tertiary/aromatic N) is 1. The molecule has 0 aromatic heterocycles. The number of piperidine rings is 1. The molecule has 1 saturated heterocycles. The Hall–Kier alpha value is -1.54. The lowest BCUT2D eigenvalue weighted by atomic mass is 9.95. The number of amides is 1. The lowest BCUT2D eigenvalue weighted by Gasteiger charge is -2.37. The van der Waals surface area contributed by atoms with E-state index in [9.17, 15) is 22.0 Å². The van der Waals surface area contributed by atoms with Crippen molar-refractivity contribution in [1.29, 1.82) is 0 Å². The van der Waals surface area contributed by atoms with Crippen molar-refractivity contribution in [3.05, 3.63) is 35.4 Å². The Kier molecular flexibility index (Phi) is 5.05. The van der Waals surface area contributed by atoms with Crippen molar-refractivity contribution >= 4 is 15.7 Å². The largest absolute Gasteiger partial charge is 0.340 e. The minimum absolute atomic E-state index is 0.115. The lowest BCUT2D eigenvalue weighted by molar-refractivity contribution is -0.134. The Morgan fingerprint density at radius 2 is 1.91 bits per heavy atom. The summed E-state index contributed by atoms with van der Waals surface area (Å²) in [5.41, 5.74) is 0.139. The third kappa shape index (κ3) is 3.53. The molecule has 0 aliphatic carbocycles. The Morgan fingerprint density at radius 3 is 2.43 bits per heavy atom. The summed E-state index contributed by atoms with van der Waals surface area (Å²) in [6.07, 6.45) is 1.42. The van der Waals surface area contributed by atoms with Crippen molar-refractivity contribution in [2.24, 2.45) is 0 Å². The van der Waals surface area contributed by atoms with Gasteiger partial charge in [-0.15, -0.1) is 0 Å². The fourth-order valence-corrected chi connectivity index (χ4v) is 4.32. The molecule has 128 valence electrons. The first-order valence-electron chi connectivity index (χ1n) is 7.27. The molecule has 0 saturated carbocycles. The molecule has 1 fully saturated rings. The first-order valence-corrected chi connectivity index (χ1v) is 9.16. The molecule has 0 atom stereocenters. The summed E-state index contributed by atoms with van der Waals surface area (Å²) in [4.78, 5) is 14.0. The first-order chi connectivity index (χ1) is 10.7. The summed E-state index contributed by atoms with van der Waals surface area (Å²) in [5, 5.41) is 3.03. The molecule has 0 bridgehead atoms. The van der Waals surface area contributed by atoms with Crippen LogP contribution in [0.1, 0.15) is 18.4 Å². The third-order valence-corrected chi connectivity index (χ3v) is 6.28. The topological polar surface area (TPSA) is 66.5 Å². The Balaban J connectivity index is 2.26. The van der Waals surface area contributed by atoms with E-state index in [1.807, 2.05) is 0 Å². The smallest absolute Gasteiger partial charge is 0.244 e. The molecular formula is C15H20F2N2O3S. The van der Waals surface area contributed by atoms with Gasteiger partial charge in [-0.3, -0.25) is 4.79 Å². The molecule has 1 aliphatic heterocycles. The second kappa shape index (κ2) is 6.52. The van der Waals surface area contributed by atoms with Crippen LogP contribution in [0.4, 0.5) is 8.78 Å². The van der Waals surface area contributed by atoms with Crippen molar-refractivity contribution in [1.82, 2.24) is 10.2 Å². The summed E-state index contributed by atoms with van der Waals surface area (Å²) in [7, 11) is -2.20.